The van der Waals surface area contributed by atoms with Crippen LogP contribution in [0, 0.1) is 17.1 Å². The minimum absolute atomic E-state index is 0.0799. The van der Waals surface area contributed by atoms with Crippen LogP contribution in [0.5, 0.6) is 11.5 Å². The Kier molecular flexibility index (Phi) is 8.41. The average Bonchev–Trinajstić information content (AvgIpc) is 3.36. The molecule has 1 aliphatic rings. The van der Waals surface area contributed by atoms with Crippen molar-refractivity contribution < 1.29 is 13.9 Å². The molecule has 0 saturated carbocycles. The molecule has 4 aromatic rings. The van der Waals surface area contributed by atoms with E-state index < -0.39 is 11.4 Å². The van der Waals surface area contributed by atoms with Gasteiger partial charge in [0.25, 0.3) is 5.91 Å². The predicted octanol–water partition coefficient (Wildman–Crippen LogP) is 5.40. The van der Waals surface area contributed by atoms with Crippen molar-refractivity contribution in [2.24, 2.45) is 0 Å². The molecule has 2 aromatic carbocycles. The molecule has 0 unspecified atom stereocenters. The van der Waals surface area contributed by atoms with E-state index in [1.54, 1.807) is 39.9 Å². The molecule has 1 aliphatic heterocycles. The lowest BCUT2D eigenvalue weighted by molar-refractivity contribution is -0.128. The van der Waals surface area contributed by atoms with Crippen LogP contribution in [-0.2, 0) is 4.79 Å². The monoisotopic (exact) mass is 582 g/mol. The zero-order chi connectivity index (χ0) is 30.7. The van der Waals surface area contributed by atoms with E-state index in [2.05, 4.69) is 21.4 Å². The maximum atomic E-state index is 15.6. The van der Waals surface area contributed by atoms with E-state index in [1.165, 1.54) is 12.4 Å². The number of carbonyl (C=O) groups excluding carboxylic acids is 1. The number of fused-ring (bicyclic) bond motifs is 1. The first-order valence-corrected chi connectivity index (χ1v) is 14.3. The maximum Gasteiger partial charge on any atom is 0.264 e. The number of hydrogen-bond acceptors (Lipinski definition) is 8. The van der Waals surface area contributed by atoms with Crippen molar-refractivity contribution in [2.45, 2.75) is 58.2 Å². The molecule has 0 spiro atoms. The number of nitrogens with one attached hydrogen (secondary N) is 1. The van der Waals surface area contributed by atoms with Crippen LogP contribution in [0.1, 0.15) is 46.6 Å². The summed E-state index contributed by atoms with van der Waals surface area (Å²) in [6, 6.07) is 15.7. The Labute approximate surface area is 250 Å². The molecular formula is C32H35FN8O2. The number of likely N-dealkylation sites (tertiary alicyclic amines) is 1. The van der Waals surface area contributed by atoms with Gasteiger partial charge in [-0.25, -0.2) is 19.0 Å². The van der Waals surface area contributed by atoms with Gasteiger partial charge in [0.15, 0.2) is 5.65 Å². The van der Waals surface area contributed by atoms with Gasteiger partial charge in [-0.3, -0.25) is 4.79 Å². The van der Waals surface area contributed by atoms with Gasteiger partial charge in [0.2, 0.25) is 0 Å². The average molecular weight is 583 g/mol. The number of carbonyl (C=O) groups is 1. The molecule has 3 N–H and O–H groups in total. The number of halogens is 1. The second kappa shape index (κ2) is 12.2. The summed E-state index contributed by atoms with van der Waals surface area (Å²) in [7, 11) is 0. The number of nitrogen functional groups attached to an aromatic ring is 1. The van der Waals surface area contributed by atoms with Crippen LogP contribution < -0.4 is 15.8 Å². The van der Waals surface area contributed by atoms with Crippen molar-refractivity contribution in [1.82, 2.24) is 30.0 Å². The fraction of sp³-hybridized carbons (Fsp3) is 0.344. The number of nitrogens with zero attached hydrogens (tertiary/aromatic N) is 6. The van der Waals surface area contributed by atoms with Gasteiger partial charge in [0.05, 0.1) is 11.4 Å². The molecule has 43 heavy (non-hydrogen) atoms. The van der Waals surface area contributed by atoms with Crippen LogP contribution in [0.25, 0.3) is 22.3 Å². The first kappa shape index (κ1) is 29.7. The number of anilines is 1. The van der Waals surface area contributed by atoms with E-state index in [4.69, 9.17) is 15.6 Å². The minimum Gasteiger partial charge on any atom is -0.457 e. The first-order valence-electron chi connectivity index (χ1n) is 14.3. The van der Waals surface area contributed by atoms with Gasteiger partial charge in [-0.2, -0.15) is 10.4 Å². The smallest absolute Gasteiger partial charge is 0.264 e. The largest absolute Gasteiger partial charge is 0.457 e. The SMILES string of the molecule is CC(C)NC(C)(C)C=C(C#N)C(=O)N1CCC[C@H](n2nc(-c3ccc(Oc4ccccc4)cc3F)c3c(N)ncnc32)C1. The Balaban J connectivity index is 1.46. The molecular weight excluding hydrogens is 547 g/mol. The van der Waals surface area contributed by atoms with Gasteiger partial charge in [-0.15, -0.1) is 0 Å². The van der Waals surface area contributed by atoms with E-state index >= 15 is 4.39 Å². The van der Waals surface area contributed by atoms with E-state index in [1.807, 2.05) is 45.9 Å². The molecule has 11 heteroatoms. The third-order valence-electron chi connectivity index (χ3n) is 7.24. The fourth-order valence-electron chi connectivity index (χ4n) is 5.61. The van der Waals surface area contributed by atoms with Crippen LogP contribution >= 0.6 is 0 Å². The second-order valence-corrected chi connectivity index (χ2v) is 11.5. The van der Waals surface area contributed by atoms with Crippen LogP contribution in [0.4, 0.5) is 10.2 Å². The van der Waals surface area contributed by atoms with Crippen molar-refractivity contribution in [3.63, 3.8) is 0 Å². The summed E-state index contributed by atoms with van der Waals surface area (Å²) >= 11 is 0. The highest BCUT2D eigenvalue weighted by molar-refractivity contribution is 5.99. The number of nitrogens with two attached hydrogens (primary N) is 1. The Morgan fingerprint density at radius 2 is 1.98 bits per heavy atom. The molecule has 1 fully saturated rings. The second-order valence-electron chi connectivity index (χ2n) is 11.5. The molecule has 0 bridgehead atoms. The lowest BCUT2D eigenvalue weighted by Crippen LogP contribution is -2.44. The van der Waals surface area contributed by atoms with E-state index in [-0.39, 0.29) is 34.9 Å². The topological polar surface area (TPSA) is 135 Å². The van der Waals surface area contributed by atoms with Gasteiger partial charge in [0, 0.05) is 36.3 Å². The molecule has 5 rings (SSSR count). The molecule has 1 saturated heterocycles. The Morgan fingerprint density at radius 3 is 2.67 bits per heavy atom. The van der Waals surface area contributed by atoms with E-state index in [0.29, 0.717) is 54.2 Å². The third kappa shape index (κ3) is 6.49. The number of piperidine rings is 1. The lowest BCUT2D eigenvalue weighted by atomic mass is 9.98. The predicted molar refractivity (Wildman–Crippen MR) is 163 cm³/mol. The maximum absolute atomic E-state index is 15.6. The Hall–Kier alpha value is -4.82. The molecule has 0 aliphatic carbocycles. The summed E-state index contributed by atoms with van der Waals surface area (Å²) in [4.78, 5) is 23.8. The van der Waals surface area contributed by atoms with Crippen LogP contribution in [0.3, 0.4) is 0 Å². The summed E-state index contributed by atoms with van der Waals surface area (Å²) in [6.07, 6.45) is 4.43. The van der Waals surface area contributed by atoms with Gasteiger partial charge in [-0.05, 0) is 57.0 Å². The highest BCUT2D eigenvalue weighted by Crippen LogP contribution is 2.36. The standard InChI is InChI=1S/C32H35FN8O2/c1-20(2)38-32(3,4)16-21(17-34)31(42)40-14-8-9-22(18-40)41-30-27(29(35)36-19-37-30)28(39-41)25-13-12-24(15-26(25)33)43-23-10-6-5-7-11-23/h5-7,10-13,15-16,19-20,22,38H,8-9,14,18H2,1-4H3,(H2,35,36,37)/t22-/m0/s1. The number of para-hydroxylation sites is 1. The molecule has 1 atom stereocenters. The summed E-state index contributed by atoms with van der Waals surface area (Å²) < 4.78 is 23.0. The Bertz CT molecular complexity index is 1710. The third-order valence-corrected chi connectivity index (χ3v) is 7.24. The number of nitriles is 1. The number of aromatic nitrogens is 4. The van der Waals surface area contributed by atoms with Crippen molar-refractivity contribution >= 4 is 22.8 Å². The van der Waals surface area contributed by atoms with Crippen LogP contribution in [0.15, 0.2) is 66.5 Å². The number of ether oxygens (including phenoxy) is 1. The molecule has 222 valence electrons. The van der Waals surface area contributed by atoms with Crippen molar-refractivity contribution in [3.05, 3.63) is 72.3 Å². The van der Waals surface area contributed by atoms with Crippen molar-refractivity contribution in [1.29, 1.82) is 5.26 Å². The fourth-order valence-corrected chi connectivity index (χ4v) is 5.61. The number of amides is 1. The summed E-state index contributed by atoms with van der Waals surface area (Å²) in [5.74, 6) is 0.234. The van der Waals surface area contributed by atoms with Crippen LogP contribution in [0.2, 0.25) is 0 Å². The zero-order valence-electron chi connectivity index (χ0n) is 24.7. The quantitative estimate of drug-likeness (QED) is 0.208. The van der Waals surface area contributed by atoms with E-state index in [0.717, 1.165) is 0 Å². The molecule has 0 radical (unpaired) electrons. The molecule has 3 heterocycles. The summed E-state index contributed by atoms with van der Waals surface area (Å²) in [5, 5.41) is 18.4. The molecule has 2 aromatic heterocycles. The summed E-state index contributed by atoms with van der Waals surface area (Å²) in [6.45, 7) is 8.69. The molecule has 1 amide bonds. The lowest BCUT2D eigenvalue weighted by Gasteiger charge is -2.33. The highest BCUT2D eigenvalue weighted by atomic mass is 19.1. The zero-order valence-corrected chi connectivity index (χ0v) is 24.7. The van der Waals surface area contributed by atoms with Gasteiger partial charge >= 0.3 is 0 Å². The van der Waals surface area contributed by atoms with Gasteiger partial charge in [0.1, 0.15) is 46.8 Å². The number of hydrogen-bond donors (Lipinski definition) is 2. The normalized spacial score (nSPS) is 16.0. The van der Waals surface area contributed by atoms with E-state index in [9.17, 15) is 10.1 Å². The van der Waals surface area contributed by atoms with Crippen molar-refractivity contribution in [2.75, 3.05) is 18.8 Å². The summed E-state index contributed by atoms with van der Waals surface area (Å²) in [5.41, 5.74) is 6.80. The van der Waals surface area contributed by atoms with Crippen LogP contribution in [-0.4, -0.2) is 55.2 Å². The van der Waals surface area contributed by atoms with Crippen molar-refractivity contribution in [3.8, 4) is 28.8 Å². The Morgan fingerprint density at radius 1 is 1.21 bits per heavy atom. The molecule has 10 nitrogen and oxygen atoms in total. The number of benzene rings is 2. The number of rotatable bonds is 8. The minimum atomic E-state index is -0.544. The highest BCUT2D eigenvalue weighted by Gasteiger charge is 2.31. The van der Waals surface area contributed by atoms with Gasteiger partial charge < -0.3 is 20.7 Å². The van der Waals surface area contributed by atoms with Gasteiger partial charge in [-0.1, -0.05) is 32.0 Å². The first-order chi connectivity index (χ1) is 20.6.